The predicted molar refractivity (Wildman–Crippen MR) is 197 cm³/mol. The van der Waals surface area contributed by atoms with Crippen molar-refractivity contribution >= 4 is 14.4 Å². The van der Waals surface area contributed by atoms with E-state index in [1.54, 1.807) is 24.3 Å². The van der Waals surface area contributed by atoms with Gasteiger partial charge in [-0.05, 0) is 79.2 Å². The first-order valence-electron chi connectivity index (χ1n) is 17.3. The summed E-state index contributed by atoms with van der Waals surface area (Å²) in [6.07, 6.45) is 7.52. The van der Waals surface area contributed by atoms with Gasteiger partial charge in [0.1, 0.15) is 29.5 Å². The molecule has 1 aromatic carbocycles. The number of rotatable bonds is 7. The van der Waals surface area contributed by atoms with Crippen LogP contribution < -0.4 is 4.74 Å². The SMILES string of the molecule is CC(C)(C)C1=CC2=C(C(C)(C)C)OP(OCCOc3ccc(C(=O)C(C)(C)O)cc3)OC3=C(C(C)(C)C)C=C(C(C)(C)C)C/C3=C/2CC1. The molecule has 0 saturated heterocycles. The van der Waals surface area contributed by atoms with E-state index >= 15 is 0 Å². The molecule has 0 fully saturated rings. The van der Waals surface area contributed by atoms with Gasteiger partial charge in [0.15, 0.2) is 5.78 Å². The van der Waals surface area contributed by atoms with Gasteiger partial charge in [0.2, 0.25) is 0 Å². The Kier molecular flexibility index (Phi) is 10.8. The molecule has 4 rings (SSSR count). The first-order chi connectivity index (χ1) is 21.9. The van der Waals surface area contributed by atoms with Crippen LogP contribution in [0.15, 0.2) is 81.4 Å². The van der Waals surface area contributed by atoms with Crippen LogP contribution in [-0.4, -0.2) is 29.7 Å². The van der Waals surface area contributed by atoms with Crippen LogP contribution in [0.25, 0.3) is 0 Å². The van der Waals surface area contributed by atoms with Crippen molar-refractivity contribution in [1.29, 1.82) is 0 Å². The van der Waals surface area contributed by atoms with Gasteiger partial charge in [0, 0.05) is 27.7 Å². The zero-order valence-corrected chi connectivity index (χ0v) is 32.8. The molecule has 2 aliphatic carbocycles. The fraction of sp³-hybridized carbons (Fsp3) is 0.585. The summed E-state index contributed by atoms with van der Waals surface area (Å²) in [6.45, 7) is 30.6. The molecule has 48 heavy (non-hydrogen) atoms. The number of benzene rings is 1. The van der Waals surface area contributed by atoms with Gasteiger partial charge in [-0.2, -0.15) is 0 Å². The number of ether oxygens (including phenoxy) is 1. The van der Waals surface area contributed by atoms with E-state index in [1.807, 2.05) is 0 Å². The molecule has 0 aromatic heterocycles. The molecule has 0 amide bonds. The number of fused-ring (bicyclic) bond motifs is 2. The zero-order chi connectivity index (χ0) is 36.0. The van der Waals surface area contributed by atoms with Gasteiger partial charge in [0.05, 0.1) is 6.61 Å². The summed E-state index contributed by atoms with van der Waals surface area (Å²) < 4.78 is 26.2. The average Bonchev–Trinajstić information content (AvgIpc) is 2.93. The second-order valence-corrected chi connectivity index (χ2v) is 19.0. The normalized spacial score (nSPS) is 21.3. The highest BCUT2D eigenvalue weighted by atomic mass is 31.2. The minimum absolute atomic E-state index is 0.00460. The number of allylic oxidation sites excluding steroid dienone is 9. The molecule has 6 nitrogen and oxygen atoms in total. The Bertz CT molecular complexity index is 1550. The van der Waals surface area contributed by atoms with Crippen molar-refractivity contribution in [3.8, 4) is 5.75 Å². The summed E-state index contributed by atoms with van der Waals surface area (Å²) in [5.74, 6) is 2.06. The van der Waals surface area contributed by atoms with Gasteiger partial charge in [-0.3, -0.25) is 9.32 Å². The zero-order valence-electron chi connectivity index (χ0n) is 31.9. The van der Waals surface area contributed by atoms with Crippen LogP contribution in [0.5, 0.6) is 5.75 Å². The van der Waals surface area contributed by atoms with Crippen LogP contribution >= 0.6 is 8.60 Å². The summed E-state index contributed by atoms with van der Waals surface area (Å²) in [5, 5.41) is 10.1. The molecule has 1 unspecified atom stereocenters. The molecule has 0 spiro atoms. The van der Waals surface area contributed by atoms with Crippen LogP contribution in [0.2, 0.25) is 0 Å². The van der Waals surface area contributed by atoms with Gasteiger partial charge in [0.25, 0.3) is 0 Å². The van der Waals surface area contributed by atoms with E-state index in [1.165, 1.54) is 47.3 Å². The number of carbonyl (C=O) groups excluding carboxylic acids is 1. The average molecular weight is 679 g/mol. The van der Waals surface area contributed by atoms with Crippen LogP contribution in [0, 0.1) is 21.7 Å². The largest absolute Gasteiger partial charge is 0.491 e. The quantitative estimate of drug-likeness (QED) is 0.176. The summed E-state index contributed by atoms with van der Waals surface area (Å²) in [7, 11) is -1.82. The second-order valence-electron chi connectivity index (χ2n) is 18.0. The lowest BCUT2D eigenvalue weighted by Gasteiger charge is -2.40. The van der Waals surface area contributed by atoms with Crippen LogP contribution in [0.3, 0.4) is 0 Å². The van der Waals surface area contributed by atoms with Crippen molar-refractivity contribution in [3.63, 3.8) is 0 Å². The maximum atomic E-state index is 12.4. The molecule has 264 valence electrons. The minimum Gasteiger partial charge on any atom is -0.491 e. The topological polar surface area (TPSA) is 74.2 Å². The molecule has 1 aromatic rings. The summed E-state index contributed by atoms with van der Waals surface area (Å²) >= 11 is 0. The first kappa shape index (κ1) is 38.1. The van der Waals surface area contributed by atoms with E-state index in [0.717, 1.165) is 30.8 Å². The maximum Gasteiger partial charge on any atom is 0.462 e. The molecule has 0 saturated carbocycles. The number of hydrogen-bond acceptors (Lipinski definition) is 6. The van der Waals surface area contributed by atoms with E-state index in [-0.39, 0.29) is 40.7 Å². The van der Waals surface area contributed by atoms with Crippen molar-refractivity contribution in [1.82, 2.24) is 0 Å². The minimum atomic E-state index is -1.82. The Morgan fingerprint density at radius 3 is 1.85 bits per heavy atom. The van der Waals surface area contributed by atoms with E-state index in [0.29, 0.717) is 11.3 Å². The van der Waals surface area contributed by atoms with Crippen LogP contribution in [-0.2, 0) is 13.6 Å². The monoisotopic (exact) mass is 678 g/mol. The van der Waals surface area contributed by atoms with E-state index in [4.69, 9.17) is 18.3 Å². The summed E-state index contributed by atoms with van der Waals surface area (Å²) in [6, 6.07) is 6.80. The number of aliphatic hydroxyl groups is 1. The summed E-state index contributed by atoms with van der Waals surface area (Å²) in [5.41, 5.74) is 6.33. The Labute approximate surface area is 291 Å². The molecular formula is C41H59O6P. The lowest BCUT2D eigenvalue weighted by atomic mass is 9.69. The maximum absolute atomic E-state index is 12.4. The first-order valence-corrected chi connectivity index (χ1v) is 18.4. The smallest absolute Gasteiger partial charge is 0.462 e. The lowest BCUT2D eigenvalue weighted by Crippen LogP contribution is -2.30. The third-order valence-electron chi connectivity index (χ3n) is 9.07. The molecule has 1 heterocycles. The van der Waals surface area contributed by atoms with Gasteiger partial charge in [-0.1, -0.05) is 106 Å². The van der Waals surface area contributed by atoms with Gasteiger partial charge < -0.3 is 18.9 Å². The fourth-order valence-electron chi connectivity index (χ4n) is 6.08. The number of ketones is 1. The Hall–Kier alpha value is -2.66. The van der Waals surface area contributed by atoms with Crippen molar-refractivity contribution in [2.45, 2.75) is 122 Å². The highest BCUT2D eigenvalue weighted by molar-refractivity contribution is 7.42. The number of Topliss-reactive ketones (excluding diaryl/α,β-unsaturated/α-hetero) is 1. The molecule has 1 N–H and O–H groups in total. The van der Waals surface area contributed by atoms with Crippen LogP contribution in [0.1, 0.15) is 127 Å². The second kappa shape index (κ2) is 13.6. The van der Waals surface area contributed by atoms with Crippen molar-refractivity contribution in [2.24, 2.45) is 21.7 Å². The number of hydrogen-bond donors (Lipinski definition) is 1. The van der Waals surface area contributed by atoms with E-state index < -0.39 is 14.2 Å². The predicted octanol–water partition coefficient (Wildman–Crippen LogP) is 11.3. The summed E-state index contributed by atoms with van der Waals surface area (Å²) in [4.78, 5) is 12.4. The Morgan fingerprint density at radius 2 is 1.33 bits per heavy atom. The fourth-order valence-corrected chi connectivity index (χ4v) is 7.33. The molecule has 1 atom stereocenters. The third-order valence-corrected chi connectivity index (χ3v) is 10.1. The van der Waals surface area contributed by atoms with Crippen LogP contribution in [0.4, 0.5) is 0 Å². The molecule has 7 heteroatoms. The third kappa shape index (κ3) is 8.92. The Balaban J connectivity index is 1.74. The highest BCUT2D eigenvalue weighted by Gasteiger charge is 2.41. The van der Waals surface area contributed by atoms with Crippen molar-refractivity contribution < 1.29 is 28.2 Å². The molecule has 0 bridgehead atoms. The molecule has 1 aliphatic heterocycles. The van der Waals surface area contributed by atoms with E-state index in [2.05, 4.69) is 95.2 Å². The molecule has 0 radical (unpaired) electrons. The molecule has 3 aliphatic rings. The number of carbonyl (C=O) groups is 1. The van der Waals surface area contributed by atoms with Crippen molar-refractivity contribution in [2.75, 3.05) is 13.2 Å². The highest BCUT2D eigenvalue weighted by Crippen LogP contribution is 2.58. The lowest BCUT2D eigenvalue weighted by molar-refractivity contribution is 0.0488. The van der Waals surface area contributed by atoms with Crippen molar-refractivity contribution in [3.05, 3.63) is 86.9 Å². The van der Waals surface area contributed by atoms with E-state index in [9.17, 15) is 9.90 Å². The Morgan fingerprint density at radius 1 is 0.729 bits per heavy atom. The molecular weight excluding hydrogens is 619 g/mol. The van der Waals surface area contributed by atoms with Gasteiger partial charge in [-0.25, -0.2) is 0 Å². The van der Waals surface area contributed by atoms with Gasteiger partial charge in [-0.15, -0.1) is 0 Å². The van der Waals surface area contributed by atoms with Gasteiger partial charge >= 0.3 is 8.60 Å². The standard InChI is InChI=1S/C41H59O6P/c1-37(2,3)27-17-20-30-31-24-28(38(4,5)6)25-33(39(7,8)9)34(31)46-48(47-36(32(30)23-27)40(10,11)12)45-22-21-44-29-18-15-26(16-19-29)35(42)41(13,14)43/h15-16,18-19,23,25,43H,17,20-22,24H2,1-14H3/b31-30-,36-32?.